The summed E-state index contributed by atoms with van der Waals surface area (Å²) >= 11 is 12.0. The second kappa shape index (κ2) is 16.3. The molecule has 5 nitrogen and oxygen atoms in total. The SMILES string of the molecule is Fc1c(Cl)cccc1CO[C@H]1CNC[C@@H](OCc2cccc(Cl)c2F)C1c1ccc(OCCCOCc2ccccc2)cc1. The van der Waals surface area contributed by atoms with Crippen molar-refractivity contribution in [1.82, 2.24) is 5.32 Å². The van der Waals surface area contributed by atoms with E-state index in [1.54, 1.807) is 24.3 Å². The quantitative estimate of drug-likeness (QED) is 0.141. The molecule has 1 aliphatic rings. The largest absolute Gasteiger partial charge is 0.494 e. The van der Waals surface area contributed by atoms with Gasteiger partial charge >= 0.3 is 0 Å². The second-order valence-electron chi connectivity index (χ2n) is 10.6. The molecule has 1 N–H and O–H groups in total. The number of benzene rings is 4. The highest BCUT2D eigenvalue weighted by molar-refractivity contribution is 6.31. The average molecular weight is 643 g/mol. The highest BCUT2D eigenvalue weighted by Gasteiger charge is 2.36. The third-order valence-corrected chi connectivity index (χ3v) is 8.12. The number of ether oxygens (including phenoxy) is 4. The van der Waals surface area contributed by atoms with Crippen LogP contribution in [-0.2, 0) is 34.0 Å². The van der Waals surface area contributed by atoms with Crippen LogP contribution in [0.2, 0.25) is 10.0 Å². The van der Waals surface area contributed by atoms with E-state index in [1.807, 2.05) is 54.6 Å². The monoisotopic (exact) mass is 641 g/mol. The van der Waals surface area contributed by atoms with Gasteiger partial charge in [0.1, 0.15) is 17.4 Å². The third kappa shape index (κ3) is 8.78. The number of hydrogen-bond donors (Lipinski definition) is 1. The van der Waals surface area contributed by atoms with Crippen LogP contribution in [0.4, 0.5) is 8.78 Å². The molecule has 4 aromatic rings. The summed E-state index contributed by atoms with van der Waals surface area (Å²) in [7, 11) is 0. The second-order valence-corrected chi connectivity index (χ2v) is 11.4. The summed E-state index contributed by atoms with van der Waals surface area (Å²) < 4.78 is 53.5. The van der Waals surface area contributed by atoms with E-state index < -0.39 is 11.6 Å². The smallest absolute Gasteiger partial charge is 0.147 e. The predicted octanol–water partition coefficient (Wildman–Crippen LogP) is 8.11. The maximum atomic E-state index is 14.6. The van der Waals surface area contributed by atoms with Crippen LogP contribution in [0.25, 0.3) is 0 Å². The van der Waals surface area contributed by atoms with Crippen LogP contribution in [0.5, 0.6) is 5.75 Å². The molecule has 1 heterocycles. The Balaban J connectivity index is 1.23. The first-order chi connectivity index (χ1) is 21.5. The van der Waals surface area contributed by atoms with E-state index in [2.05, 4.69) is 5.32 Å². The average Bonchev–Trinajstić information content (AvgIpc) is 3.05. The van der Waals surface area contributed by atoms with E-state index in [9.17, 15) is 8.78 Å². The van der Waals surface area contributed by atoms with Crippen molar-refractivity contribution < 1.29 is 27.7 Å². The minimum atomic E-state index is -0.495. The molecule has 9 heteroatoms. The molecule has 0 radical (unpaired) electrons. The normalized spacial score (nSPS) is 18.3. The van der Waals surface area contributed by atoms with Gasteiger partial charge in [-0.2, -0.15) is 0 Å². The molecular formula is C35H35Cl2F2NO4. The number of halogens is 4. The summed E-state index contributed by atoms with van der Waals surface area (Å²) in [5.74, 6) is -0.472. The van der Waals surface area contributed by atoms with Crippen molar-refractivity contribution in [3.05, 3.63) is 135 Å². The van der Waals surface area contributed by atoms with E-state index in [4.69, 9.17) is 42.1 Å². The first-order valence-electron chi connectivity index (χ1n) is 14.6. The van der Waals surface area contributed by atoms with Crippen LogP contribution in [0.3, 0.4) is 0 Å². The Bertz CT molecular complexity index is 1410. The lowest BCUT2D eigenvalue weighted by Gasteiger charge is -2.39. The number of nitrogens with one attached hydrogen (secondary N) is 1. The molecule has 1 saturated heterocycles. The molecule has 0 bridgehead atoms. The maximum Gasteiger partial charge on any atom is 0.147 e. The highest BCUT2D eigenvalue weighted by atomic mass is 35.5. The Hall–Kier alpha value is -3.04. The molecular weight excluding hydrogens is 607 g/mol. The molecule has 3 atom stereocenters. The molecule has 0 saturated carbocycles. The fraction of sp³-hybridized carbons (Fsp3) is 0.314. The molecule has 0 amide bonds. The minimum Gasteiger partial charge on any atom is -0.494 e. The standard InChI is InChI=1S/C35H35Cl2F2NO4/c36-29-11-4-9-26(34(29)38)22-43-31-19-40-20-32(44-23-27-10-5-12-30(37)35(27)39)33(31)25-13-15-28(16-14-25)42-18-6-17-41-21-24-7-2-1-3-8-24/h1-5,7-16,31-33,40H,6,17-23H2/t31-,32+,33?. The first-order valence-corrected chi connectivity index (χ1v) is 15.4. The van der Waals surface area contributed by atoms with Crippen LogP contribution in [0, 0.1) is 11.6 Å². The summed E-state index contributed by atoms with van der Waals surface area (Å²) in [6, 6.07) is 27.6. The van der Waals surface area contributed by atoms with Crippen LogP contribution < -0.4 is 10.1 Å². The first kappa shape index (κ1) is 32.4. The zero-order valence-electron chi connectivity index (χ0n) is 24.2. The van der Waals surface area contributed by atoms with Crippen molar-refractivity contribution in [2.75, 3.05) is 26.3 Å². The molecule has 0 aliphatic carbocycles. The molecule has 4 aromatic carbocycles. The summed E-state index contributed by atoms with van der Waals surface area (Å²) in [5.41, 5.74) is 2.86. The van der Waals surface area contributed by atoms with E-state index in [1.165, 1.54) is 12.1 Å². The lowest BCUT2D eigenvalue weighted by molar-refractivity contribution is -0.0658. The number of rotatable bonds is 14. The number of piperidine rings is 1. The van der Waals surface area contributed by atoms with E-state index in [0.717, 1.165) is 23.3 Å². The molecule has 0 spiro atoms. The maximum absolute atomic E-state index is 14.6. The van der Waals surface area contributed by atoms with Gasteiger partial charge in [0, 0.05) is 36.6 Å². The lowest BCUT2D eigenvalue weighted by Crippen LogP contribution is -2.50. The van der Waals surface area contributed by atoms with Gasteiger partial charge in [0.2, 0.25) is 0 Å². The molecule has 44 heavy (non-hydrogen) atoms. The van der Waals surface area contributed by atoms with Gasteiger partial charge in [0.05, 0.1) is 55.3 Å². The van der Waals surface area contributed by atoms with E-state index in [-0.39, 0.29) is 41.4 Å². The van der Waals surface area contributed by atoms with Gasteiger partial charge in [-0.15, -0.1) is 0 Å². The molecule has 0 aromatic heterocycles. The van der Waals surface area contributed by atoms with Crippen molar-refractivity contribution >= 4 is 23.2 Å². The summed E-state index contributed by atoms with van der Waals surface area (Å²) in [4.78, 5) is 0. The van der Waals surface area contributed by atoms with E-state index in [0.29, 0.717) is 44.0 Å². The fourth-order valence-corrected chi connectivity index (χ4v) is 5.62. The Morgan fingerprint density at radius 3 is 1.84 bits per heavy atom. The predicted molar refractivity (Wildman–Crippen MR) is 168 cm³/mol. The van der Waals surface area contributed by atoms with Gasteiger partial charge < -0.3 is 24.3 Å². The van der Waals surface area contributed by atoms with Gasteiger partial charge in [-0.05, 0) is 35.4 Å². The molecule has 5 rings (SSSR count). The van der Waals surface area contributed by atoms with Gasteiger partial charge in [0.25, 0.3) is 0 Å². The summed E-state index contributed by atoms with van der Waals surface area (Å²) in [6.07, 6.45) is 0.0456. The van der Waals surface area contributed by atoms with Crippen LogP contribution in [-0.4, -0.2) is 38.5 Å². The van der Waals surface area contributed by atoms with Gasteiger partial charge in [0.15, 0.2) is 0 Å². The number of hydrogen-bond acceptors (Lipinski definition) is 5. The molecule has 232 valence electrons. The summed E-state index contributed by atoms with van der Waals surface area (Å²) in [5, 5.41) is 3.45. The van der Waals surface area contributed by atoms with Crippen molar-refractivity contribution in [1.29, 1.82) is 0 Å². The van der Waals surface area contributed by atoms with Gasteiger partial charge in [-0.25, -0.2) is 8.78 Å². The van der Waals surface area contributed by atoms with Crippen molar-refractivity contribution in [2.24, 2.45) is 0 Å². The molecule has 1 aliphatic heterocycles. The van der Waals surface area contributed by atoms with Crippen molar-refractivity contribution in [3.8, 4) is 5.75 Å². The van der Waals surface area contributed by atoms with Crippen molar-refractivity contribution in [2.45, 2.75) is 44.4 Å². The Kier molecular flexibility index (Phi) is 12.0. The summed E-state index contributed by atoms with van der Waals surface area (Å²) in [6.45, 7) is 2.83. The molecule has 1 unspecified atom stereocenters. The zero-order valence-corrected chi connectivity index (χ0v) is 25.7. The highest BCUT2D eigenvalue weighted by Crippen LogP contribution is 2.33. The lowest BCUT2D eigenvalue weighted by atomic mass is 9.85. The Morgan fingerprint density at radius 2 is 1.25 bits per heavy atom. The van der Waals surface area contributed by atoms with Crippen molar-refractivity contribution in [3.63, 3.8) is 0 Å². The van der Waals surface area contributed by atoms with E-state index >= 15 is 0 Å². The van der Waals surface area contributed by atoms with Gasteiger partial charge in [-0.1, -0.05) is 89.9 Å². The van der Waals surface area contributed by atoms with Crippen LogP contribution in [0.1, 0.15) is 34.6 Å². The topological polar surface area (TPSA) is 49.0 Å². The Labute approximate surface area is 267 Å². The van der Waals surface area contributed by atoms with Crippen LogP contribution >= 0.6 is 23.2 Å². The zero-order chi connectivity index (χ0) is 30.7. The fourth-order valence-electron chi connectivity index (χ4n) is 5.23. The Morgan fingerprint density at radius 1 is 0.659 bits per heavy atom. The minimum absolute atomic E-state index is 0.0401. The third-order valence-electron chi connectivity index (χ3n) is 7.54. The van der Waals surface area contributed by atoms with Gasteiger partial charge in [-0.3, -0.25) is 0 Å². The molecule has 1 fully saturated rings. The van der Waals surface area contributed by atoms with Crippen LogP contribution in [0.15, 0.2) is 91.0 Å².